The molecule has 0 amide bonds. The van der Waals surface area contributed by atoms with Gasteiger partial charge in [-0.05, 0) is 51.7 Å². The summed E-state index contributed by atoms with van der Waals surface area (Å²) < 4.78 is 11.7. The Morgan fingerprint density at radius 2 is 1.94 bits per heavy atom. The molecule has 0 aliphatic carbocycles. The van der Waals surface area contributed by atoms with Gasteiger partial charge in [0.25, 0.3) is 0 Å². The van der Waals surface area contributed by atoms with Crippen LogP contribution in [-0.2, 0) is 13.0 Å². The summed E-state index contributed by atoms with van der Waals surface area (Å²) in [6, 6.07) is 0. The van der Waals surface area contributed by atoms with Crippen molar-refractivity contribution in [3.63, 3.8) is 0 Å². The monoisotopic (exact) mass is 249 g/mol. The van der Waals surface area contributed by atoms with Crippen LogP contribution < -0.4 is 15.2 Å². The smallest absolute Gasteiger partial charge is 0.127 e. The van der Waals surface area contributed by atoms with E-state index >= 15 is 0 Å². The van der Waals surface area contributed by atoms with Gasteiger partial charge in [-0.2, -0.15) is 0 Å². The number of benzene rings is 1. The van der Waals surface area contributed by atoms with Crippen molar-refractivity contribution < 1.29 is 9.47 Å². The van der Waals surface area contributed by atoms with Crippen LogP contribution in [0, 0.1) is 13.8 Å². The minimum atomic E-state index is -0.0926. The predicted octanol–water partition coefficient (Wildman–Crippen LogP) is 2.87. The molecule has 0 atom stereocenters. The molecule has 1 aliphatic heterocycles. The Kier molecular flexibility index (Phi) is 3.28. The molecular weight excluding hydrogens is 226 g/mol. The first kappa shape index (κ1) is 13.2. The maximum absolute atomic E-state index is 6.16. The Morgan fingerprint density at radius 3 is 2.50 bits per heavy atom. The minimum Gasteiger partial charge on any atom is -0.496 e. The van der Waals surface area contributed by atoms with Crippen molar-refractivity contribution in [3.8, 4) is 11.5 Å². The first-order chi connectivity index (χ1) is 8.41. The third-order valence-corrected chi connectivity index (χ3v) is 3.92. The summed E-state index contributed by atoms with van der Waals surface area (Å²) in [7, 11) is 1.71. The van der Waals surface area contributed by atoms with Crippen molar-refractivity contribution in [2.24, 2.45) is 5.73 Å². The van der Waals surface area contributed by atoms with Gasteiger partial charge in [0.1, 0.15) is 17.1 Å². The second-order valence-electron chi connectivity index (χ2n) is 5.64. The number of hydrogen-bond donors (Lipinski definition) is 1. The SMILES string of the molecule is COc1c(C)c(C)c2c(c1CN)CCC(C)(C)O2. The van der Waals surface area contributed by atoms with Gasteiger partial charge >= 0.3 is 0 Å². The van der Waals surface area contributed by atoms with E-state index in [1.807, 2.05) is 0 Å². The summed E-state index contributed by atoms with van der Waals surface area (Å²) in [5.74, 6) is 1.95. The Morgan fingerprint density at radius 1 is 1.28 bits per heavy atom. The van der Waals surface area contributed by atoms with Gasteiger partial charge in [-0.25, -0.2) is 0 Å². The molecule has 0 spiro atoms. The molecule has 1 aliphatic rings. The highest BCUT2D eigenvalue weighted by Crippen LogP contribution is 2.43. The Balaban J connectivity index is 2.67. The van der Waals surface area contributed by atoms with Gasteiger partial charge in [0.15, 0.2) is 0 Å². The molecule has 1 aromatic carbocycles. The molecule has 0 fully saturated rings. The zero-order valence-corrected chi connectivity index (χ0v) is 12.0. The largest absolute Gasteiger partial charge is 0.496 e. The maximum Gasteiger partial charge on any atom is 0.127 e. The van der Waals surface area contributed by atoms with Gasteiger partial charge in [0, 0.05) is 17.7 Å². The van der Waals surface area contributed by atoms with E-state index < -0.39 is 0 Å². The van der Waals surface area contributed by atoms with E-state index in [1.165, 1.54) is 11.1 Å². The summed E-state index contributed by atoms with van der Waals surface area (Å²) in [6.07, 6.45) is 2.02. The molecule has 1 aromatic rings. The Hall–Kier alpha value is -1.22. The molecule has 0 saturated heterocycles. The lowest BCUT2D eigenvalue weighted by Gasteiger charge is -2.35. The second-order valence-corrected chi connectivity index (χ2v) is 5.64. The molecule has 0 saturated carbocycles. The molecule has 3 nitrogen and oxygen atoms in total. The molecule has 100 valence electrons. The van der Waals surface area contributed by atoms with Crippen LogP contribution in [0.5, 0.6) is 11.5 Å². The second kappa shape index (κ2) is 4.47. The minimum absolute atomic E-state index is 0.0926. The van der Waals surface area contributed by atoms with Gasteiger partial charge in [-0.3, -0.25) is 0 Å². The lowest BCUT2D eigenvalue weighted by atomic mass is 9.87. The van der Waals surface area contributed by atoms with E-state index in [4.69, 9.17) is 15.2 Å². The van der Waals surface area contributed by atoms with Crippen LogP contribution in [0.1, 0.15) is 42.5 Å². The van der Waals surface area contributed by atoms with Crippen LogP contribution in [0.15, 0.2) is 0 Å². The van der Waals surface area contributed by atoms with Crippen molar-refractivity contribution >= 4 is 0 Å². The Bertz CT molecular complexity index is 478. The van der Waals surface area contributed by atoms with Gasteiger partial charge in [0.2, 0.25) is 0 Å². The molecule has 0 unspecified atom stereocenters. The first-order valence-electron chi connectivity index (χ1n) is 6.49. The molecular formula is C15H23NO2. The molecule has 2 N–H and O–H groups in total. The number of hydrogen-bond acceptors (Lipinski definition) is 3. The van der Waals surface area contributed by atoms with Crippen LogP contribution in [-0.4, -0.2) is 12.7 Å². The first-order valence-corrected chi connectivity index (χ1v) is 6.49. The standard InChI is InChI=1S/C15H23NO2/c1-9-10(2)14-11(6-7-15(3,4)18-14)12(8-16)13(9)17-5/h6-8,16H2,1-5H3. The fraction of sp³-hybridized carbons (Fsp3) is 0.600. The number of nitrogens with two attached hydrogens (primary N) is 1. The van der Waals surface area contributed by atoms with Gasteiger partial charge in [0.05, 0.1) is 7.11 Å². The number of rotatable bonds is 2. The zero-order valence-electron chi connectivity index (χ0n) is 12.0. The fourth-order valence-electron chi connectivity index (χ4n) is 2.72. The van der Waals surface area contributed by atoms with Gasteiger partial charge in [-0.15, -0.1) is 0 Å². The maximum atomic E-state index is 6.16. The summed E-state index contributed by atoms with van der Waals surface area (Å²) in [6.45, 7) is 8.93. The van der Waals surface area contributed by atoms with Crippen LogP contribution >= 0.6 is 0 Å². The molecule has 0 radical (unpaired) electrons. The van der Waals surface area contributed by atoms with Crippen molar-refractivity contribution in [1.29, 1.82) is 0 Å². The molecule has 0 bridgehead atoms. The highest BCUT2D eigenvalue weighted by Gasteiger charge is 2.31. The van der Waals surface area contributed by atoms with E-state index in [0.717, 1.165) is 35.5 Å². The van der Waals surface area contributed by atoms with E-state index in [2.05, 4.69) is 27.7 Å². The van der Waals surface area contributed by atoms with E-state index in [0.29, 0.717) is 6.54 Å². The third kappa shape index (κ3) is 1.97. The average Bonchev–Trinajstić information content (AvgIpc) is 2.33. The number of ether oxygens (including phenoxy) is 2. The summed E-state index contributed by atoms with van der Waals surface area (Å²) in [5, 5.41) is 0. The summed E-state index contributed by atoms with van der Waals surface area (Å²) in [4.78, 5) is 0. The van der Waals surface area contributed by atoms with Crippen molar-refractivity contribution in [2.45, 2.75) is 52.7 Å². The quantitative estimate of drug-likeness (QED) is 0.876. The average molecular weight is 249 g/mol. The Labute approximate surface area is 109 Å². The van der Waals surface area contributed by atoms with Crippen LogP contribution in [0.4, 0.5) is 0 Å². The van der Waals surface area contributed by atoms with Gasteiger partial charge < -0.3 is 15.2 Å². The van der Waals surface area contributed by atoms with Crippen LogP contribution in [0.3, 0.4) is 0 Å². The van der Waals surface area contributed by atoms with Gasteiger partial charge in [-0.1, -0.05) is 0 Å². The molecule has 2 rings (SSSR count). The van der Waals surface area contributed by atoms with Crippen molar-refractivity contribution in [2.75, 3.05) is 7.11 Å². The van der Waals surface area contributed by atoms with Crippen LogP contribution in [0.25, 0.3) is 0 Å². The fourth-order valence-corrected chi connectivity index (χ4v) is 2.72. The lowest BCUT2D eigenvalue weighted by molar-refractivity contribution is 0.0830. The van der Waals surface area contributed by atoms with Crippen molar-refractivity contribution in [3.05, 3.63) is 22.3 Å². The number of methoxy groups -OCH3 is 1. The number of fused-ring (bicyclic) bond motifs is 1. The van der Waals surface area contributed by atoms with Crippen LogP contribution in [0.2, 0.25) is 0 Å². The molecule has 1 heterocycles. The summed E-state index contributed by atoms with van der Waals surface area (Å²) in [5.41, 5.74) is 10.5. The van der Waals surface area contributed by atoms with E-state index in [-0.39, 0.29) is 5.60 Å². The highest BCUT2D eigenvalue weighted by molar-refractivity contribution is 5.59. The zero-order chi connectivity index (χ0) is 13.5. The highest BCUT2D eigenvalue weighted by atomic mass is 16.5. The van der Waals surface area contributed by atoms with E-state index in [9.17, 15) is 0 Å². The third-order valence-electron chi connectivity index (χ3n) is 3.92. The molecule has 18 heavy (non-hydrogen) atoms. The normalized spacial score (nSPS) is 17.0. The molecule has 0 aromatic heterocycles. The van der Waals surface area contributed by atoms with Crippen molar-refractivity contribution in [1.82, 2.24) is 0 Å². The summed E-state index contributed by atoms with van der Waals surface area (Å²) >= 11 is 0. The molecule has 3 heteroatoms. The topological polar surface area (TPSA) is 44.5 Å². The lowest BCUT2D eigenvalue weighted by Crippen LogP contribution is -2.34. The van der Waals surface area contributed by atoms with E-state index in [1.54, 1.807) is 7.11 Å². The predicted molar refractivity (Wildman–Crippen MR) is 73.4 cm³/mol.